The Labute approximate surface area is 138 Å². The fraction of sp³-hybridized carbons (Fsp3) is 0.167. The number of aryl methyl sites for hydroxylation is 1. The van der Waals surface area contributed by atoms with E-state index in [1.807, 2.05) is 30.3 Å². The Hall–Kier alpha value is -3.15. The van der Waals surface area contributed by atoms with Gasteiger partial charge in [-0.05, 0) is 13.0 Å². The van der Waals surface area contributed by atoms with Crippen molar-refractivity contribution in [3.8, 4) is 11.3 Å². The van der Waals surface area contributed by atoms with Crippen LogP contribution in [-0.4, -0.2) is 35.5 Å². The Morgan fingerprint density at radius 2 is 1.62 bits per heavy atom. The quantitative estimate of drug-likeness (QED) is 0.693. The molecule has 0 atom stereocenters. The summed E-state index contributed by atoms with van der Waals surface area (Å²) in [6.07, 6.45) is 1.59. The highest BCUT2D eigenvalue weighted by Gasteiger charge is 2.27. The van der Waals surface area contributed by atoms with Crippen molar-refractivity contribution in [1.82, 2.24) is 9.38 Å². The van der Waals surface area contributed by atoms with Crippen LogP contribution in [0.3, 0.4) is 0 Å². The first-order valence-electron chi connectivity index (χ1n) is 7.31. The van der Waals surface area contributed by atoms with Crippen LogP contribution in [0.2, 0.25) is 0 Å². The number of hydrogen-bond donors (Lipinski definition) is 0. The van der Waals surface area contributed by atoms with Crippen LogP contribution < -0.4 is 0 Å². The van der Waals surface area contributed by atoms with Crippen molar-refractivity contribution < 1.29 is 19.1 Å². The first-order valence-corrected chi connectivity index (χ1v) is 7.31. The molecule has 0 aliphatic carbocycles. The zero-order valence-corrected chi connectivity index (χ0v) is 13.6. The lowest BCUT2D eigenvalue weighted by atomic mass is 10.1. The summed E-state index contributed by atoms with van der Waals surface area (Å²) in [6.45, 7) is 1.73. The number of methoxy groups -OCH3 is 2. The van der Waals surface area contributed by atoms with E-state index in [0.29, 0.717) is 16.9 Å². The maximum absolute atomic E-state index is 12.3. The largest absolute Gasteiger partial charge is 0.465 e. The number of rotatable bonds is 3. The molecular weight excluding hydrogens is 308 g/mol. The van der Waals surface area contributed by atoms with Gasteiger partial charge in [-0.2, -0.15) is 0 Å². The molecule has 6 heteroatoms. The lowest BCUT2D eigenvalue weighted by Gasteiger charge is -2.04. The number of aromatic nitrogens is 2. The van der Waals surface area contributed by atoms with Gasteiger partial charge in [-0.15, -0.1) is 0 Å². The van der Waals surface area contributed by atoms with Gasteiger partial charge in [-0.3, -0.25) is 0 Å². The van der Waals surface area contributed by atoms with Gasteiger partial charge < -0.3 is 13.9 Å². The number of hydrogen-bond acceptors (Lipinski definition) is 5. The summed E-state index contributed by atoms with van der Waals surface area (Å²) >= 11 is 0. The predicted molar refractivity (Wildman–Crippen MR) is 88.0 cm³/mol. The number of carbonyl (C=O) groups is 2. The Balaban J connectivity index is 2.32. The Morgan fingerprint density at radius 1 is 1.00 bits per heavy atom. The average molecular weight is 324 g/mol. The third-order valence-electron chi connectivity index (χ3n) is 3.92. The van der Waals surface area contributed by atoms with E-state index in [-0.39, 0.29) is 11.1 Å². The predicted octanol–water partition coefficient (Wildman–Crippen LogP) is 2.88. The first-order chi connectivity index (χ1) is 11.6. The van der Waals surface area contributed by atoms with Crippen molar-refractivity contribution >= 4 is 17.5 Å². The molecule has 6 nitrogen and oxygen atoms in total. The molecule has 0 aliphatic heterocycles. The normalized spacial score (nSPS) is 10.6. The number of benzene rings is 1. The van der Waals surface area contributed by atoms with Crippen LogP contribution in [0, 0.1) is 6.92 Å². The average Bonchev–Trinajstić information content (AvgIpc) is 2.93. The molecule has 3 rings (SSSR count). The Morgan fingerprint density at radius 3 is 2.25 bits per heavy atom. The second kappa shape index (κ2) is 6.16. The van der Waals surface area contributed by atoms with Crippen molar-refractivity contribution in [2.24, 2.45) is 0 Å². The molecule has 0 saturated carbocycles. The molecule has 0 N–H and O–H groups in total. The van der Waals surface area contributed by atoms with Crippen LogP contribution in [0.1, 0.15) is 26.4 Å². The molecule has 1 aromatic carbocycles. The van der Waals surface area contributed by atoms with Gasteiger partial charge in [-0.25, -0.2) is 14.6 Å². The Kier molecular flexibility index (Phi) is 4.04. The second-order valence-corrected chi connectivity index (χ2v) is 5.21. The third kappa shape index (κ3) is 2.42. The van der Waals surface area contributed by atoms with Gasteiger partial charge in [0.1, 0.15) is 11.9 Å². The van der Waals surface area contributed by atoms with Gasteiger partial charge >= 0.3 is 11.9 Å². The van der Waals surface area contributed by atoms with E-state index in [0.717, 1.165) is 5.56 Å². The lowest BCUT2D eigenvalue weighted by Crippen LogP contribution is -2.10. The minimum atomic E-state index is -0.591. The maximum Gasteiger partial charge on any atom is 0.340 e. The van der Waals surface area contributed by atoms with Crippen LogP contribution in [0.4, 0.5) is 0 Å². The summed E-state index contributed by atoms with van der Waals surface area (Å²) in [6, 6.07) is 11.3. The van der Waals surface area contributed by atoms with E-state index in [2.05, 4.69) is 4.98 Å². The van der Waals surface area contributed by atoms with Gasteiger partial charge in [0.2, 0.25) is 0 Å². The van der Waals surface area contributed by atoms with Crippen LogP contribution in [0.15, 0.2) is 42.7 Å². The molecule has 3 aromatic rings. The SMILES string of the molecule is COC(=O)c1c(C(=O)OC)c2cc(-c3ccccc3)ncn2c1C. The van der Waals surface area contributed by atoms with Crippen molar-refractivity contribution in [1.29, 1.82) is 0 Å². The summed E-state index contributed by atoms with van der Waals surface area (Å²) in [5, 5.41) is 0. The van der Waals surface area contributed by atoms with Crippen LogP contribution >= 0.6 is 0 Å². The summed E-state index contributed by atoms with van der Waals surface area (Å²) in [5.41, 5.74) is 3.10. The van der Waals surface area contributed by atoms with Gasteiger partial charge in [0, 0.05) is 11.3 Å². The highest BCUT2D eigenvalue weighted by atomic mass is 16.5. The minimum Gasteiger partial charge on any atom is -0.465 e. The van der Waals surface area contributed by atoms with Crippen molar-refractivity contribution in [2.75, 3.05) is 14.2 Å². The van der Waals surface area contributed by atoms with E-state index < -0.39 is 11.9 Å². The van der Waals surface area contributed by atoms with E-state index in [1.165, 1.54) is 14.2 Å². The van der Waals surface area contributed by atoms with E-state index in [4.69, 9.17) is 9.47 Å². The standard InChI is InChI=1S/C18H16N2O4/c1-11-15(17(21)23-2)16(18(22)24-3)14-9-13(19-10-20(11)14)12-7-5-4-6-8-12/h4-10H,1-3H3. The smallest absolute Gasteiger partial charge is 0.340 e. The van der Waals surface area contributed by atoms with E-state index in [9.17, 15) is 9.59 Å². The number of carbonyl (C=O) groups excluding carboxylic acids is 2. The fourth-order valence-electron chi connectivity index (χ4n) is 2.74. The molecule has 0 radical (unpaired) electrons. The maximum atomic E-state index is 12.3. The molecule has 2 heterocycles. The zero-order chi connectivity index (χ0) is 17.3. The topological polar surface area (TPSA) is 69.9 Å². The zero-order valence-electron chi connectivity index (χ0n) is 13.6. The molecule has 0 amide bonds. The number of ether oxygens (including phenoxy) is 2. The molecule has 2 aromatic heterocycles. The van der Waals surface area contributed by atoms with Crippen LogP contribution in [-0.2, 0) is 9.47 Å². The van der Waals surface area contributed by atoms with Crippen LogP contribution in [0.5, 0.6) is 0 Å². The summed E-state index contributed by atoms with van der Waals surface area (Å²) < 4.78 is 11.4. The molecule has 24 heavy (non-hydrogen) atoms. The van der Waals surface area contributed by atoms with Crippen molar-refractivity contribution in [3.63, 3.8) is 0 Å². The summed E-state index contributed by atoms with van der Waals surface area (Å²) in [5.74, 6) is -1.18. The first kappa shape index (κ1) is 15.7. The molecule has 0 bridgehead atoms. The number of esters is 2. The highest BCUT2D eigenvalue weighted by Crippen LogP contribution is 2.27. The van der Waals surface area contributed by atoms with Gasteiger partial charge in [-0.1, -0.05) is 30.3 Å². The van der Waals surface area contributed by atoms with Crippen molar-refractivity contribution in [2.45, 2.75) is 6.92 Å². The minimum absolute atomic E-state index is 0.182. The summed E-state index contributed by atoms with van der Waals surface area (Å²) in [4.78, 5) is 28.8. The lowest BCUT2D eigenvalue weighted by molar-refractivity contribution is 0.0557. The summed E-state index contributed by atoms with van der Waals surface area (Å²) in [7, 11) is 2.56. The number of nitrogens with zero attached hydrogens (tertiary/aromatic N) is 2. The second-order valence-electron chi connectivity index (χ2n) is 5.21. The fourth-order valence-corrected chi connectivity index (χ4v) is 2.74. The van der Waals surface area contributed by atoms with Gasteiger partial charge in [0.05, 0.1) is 31.0 Å². The number of fused-ring (bicyclic) bond motifs is 1. The van der Waals surface area contributed by atoms with Gasteiger partial charge in [0.15, 0.2) is 0 Å². The van der Waals surface area contributed by atoms with E-state index in [1.54, 1.807) is 23.7 Å². The van der Waals surface area contributed by atoms with E-state index >= 15 is 0 Å². The monoisotopic (exact) mass is 324 g/mol. The molecule has 0 fully saturated rings. The molecule has 0 spiro atoms. The highest BCUT2D eigenvalue weighted by molar-refractivity contribution is 6.09. The molecule has 0 unspecified atom stereocenters. The molecule has 0 saturated heterocycles. The van der Waals surface area contributed by atoms with Crippen molar-refractivity contribution in [3.05, 3.63) is 59.5 Å². The molecule has 122 valence electrons. The van der Waals surface area contributed by atoms with Crippen LogP contribution in [0.25, 0.3) is 16.8 Å². The van der Waals surface area contributed by atoms with Gasteiger partial charge in [0.25, 0.3) is 0 Å². The molecular formula is C18H16N2O4. The Bertz CT molecular complexity index is 929. The third-order valence-corrected chi connectivity index (χ3v) is 3.92. The molecule has 0 aliphatic rings.